The maximum Gasteiger partial charge on any atom is 0.223 e. The average molecular weight is 252 g/mol. The lowest BCUT2D eigenvalue weighted by atomic mass is 10.3. The van der Waals surface area contributed by atoms with E-state index in [1.807, 2.05) is 0 Å². The van der Waals surface area contributed by atoms with Gasteiger partial charge in [0.1, 0.15) is 5.75 Å². The lowest BCUT2D eigenvalue weighted by molar-refractivity contribution is -0.121. The maximum absolute atomic E-state index is 11.4. The van der Waals surface area contributed by atoms with Gasteiger partial charge in [0.05, 0.1) is 19.1 Å². The molecule has 0 saturated heterocycles. The van der Waals surface area contributed by atoms with Gasteiger partial charge in [-0.25, -0.2) is 0 Å². The van der Waals surface area contributed by atoms with Gasteiger partial charge in [-0.2, -0.15) is 0 Å². The number of carbonyl (C=O) groups excluding carboxylic acids is 1. The Labute approximate surface area is 107 Å². The van der Waals surface area contributed by atoms with Crippen LogP contribution >= 0.6 is 0 Å². The standard InChI is InChI=1S/C13H20N2O3/c1-10(16)6-8-15-13(17)7-9-18-12-4-2-11(14)3-5-12/h2-5,10,16H,6-9,14H2,1H3,(H,15,17). The number of benzene rings is 1. The number of ether oxygens (including phenoxy) is 1. The molecule has 1 unspecified atom stereocenters. The van der Waals surface area contributed by atoms with Gasteiger partial charge < -0.3 is 20.9 Å². The molecule has 0 aliphatic heterocycles. The van der Waals surface area contributed by atoms with E-state index in [2.05, 4.69) is 5.32 Å². The molecule has 0 aromatic heterocycles. The number of hydrogen-bond acceptors (Lipinski definition) is 4. The maximum atomic E-state index is 11.4. The summed E-state index contributed by atoms with van der Waals surface area (Å²) in [5.41, 5.74) is 6.22. The van der Waals surface area contributed by atoms with E-state index < -0.39 is 6.10 Å². The molecule has 0 aliphatic rings. The van der Waals surface area contributed by atoms with Gasteiger partial charge >= 0.3 is 0 Å². The van der Waals surface area contributed by atoms with Crippen LogP contribution in [0.4, 0.5) is 5.69 Å². The molecule has 0 fully saturated rings. The normalized spacial score (nSPS) is 11.9. The Hall–Kier alpha value is -1.75. The van der Waals surface area contributed by atoms with Gasteiger partial charge in [0.2, 0.25) is 5.91 Å². The predicted molar refractivity (Wildman–Crippen MR) is 70.3 cm³/mol. The van der Waals surface area contributed by atoms with E-state index >= 15 is 0 Å². The average Bonchev–Trinajstić information content (AvgIpc) is 2.31. The van der Waals surface area contributed by atoms with Crippen molar-refractivity contribution in [3.8, 4) is 5.75 Å². The summed E-state index contributed by atoms with van der Waals surface area (Å²) < 4.78 is 5.39. The number of rotatable bonds is 7. The van der Waals surface area contributed by atoms with Crippen molar-refractivity contribution >= 4 is 11.6 Å². The van der Waals surface area contributed by atoms with Gasteiger partial charge in [0.25, 0.3) is 0 Å². The summed E-state index contributed by atoms with van der Waals surface area (Å²) in [5.74, 6) is 0.618. The van der Waals surface area contributed by atoms with Crippen LogP contribution in [-0.2, 0) is 4.79 Å². The molecule has 0 radical (unpaired) electrons. The quantitative estimate of drug-likeness (QED) is 0.630. The van der Waals surface area contributed by atoms with Gasteiger partial charge in [0, 0.05) is 12.2 Å². The Kier molecular flexibility index (Phi) is 6.00. The van der Waals surface area contributed by atoms with Crippen LogP contribution in [0.2, 0.25) is 0 Å². The second kappa shape index (κ2) is 7.55. The topological polar surface area (TPSA) is 84.6 Å². The van der Waals surface area contributed by atoms with Crippen LogP contribution in [0.1, 0.15) is 19.8 Å². The zero-order chi connectivity index (χ0) is 13.4. The molecule has 100 valence electrons. The van der Waals surface area contributed by atoms with Crippen molar-refractivity contribution < 1.29 is 14.6 Å². The fraction of sp³-hybridized carbons (Fsp3) is 0.462. The third-order valence-corrected chi connectivity index (χ3v) is 2.36. The first-order chi connectivity index (χ1) is 8.58. The molecule has 0 bridgehead atoms. The second-order valence-electron chi connectivity index (χ2n) is 4.16. The molecule has 1 rings (SSSR count). The highest BCUT2D eigenvalue weighted by Gasteiger charge is 2.02. The van der Waals surface area contributed by atoms with Gasteiger partial charge in [0.15, 0.2) is 0 Å². The molecule has 0 heterocycles. The number of nitrogen functional groups attached to an aromatic ring is 1. The van der Waals surface area contributed by atoms with Crippen molar-refractivity contribution in [1.29, 1.82) is 0 Å². The number of aliphatic hydroxyl groups is 1. The largest absolute Gasteiger partial charge is 0.493 e. The molecule has 1 amide bonds. The highest BCUT2D eigenvalue weighted by molar-refractivity contribution is 5.75. The van der Waals surface area contributed by atoms with Gasteiger partial charge in [-0.05, 0) is 37.6 Å². The minimum absolute atomic E-state index is 0.0777. The Morgan fingerprint density at radius 1 is 1.44 bits per heavy atom. The van der Waals surface area contributed by atoms with Crippen LogP contribution in [0.15, 0.2) is 24.3 Å². The number of nitrogens with two attached hydrogens (primary N) is 1. The lowest BCUT2D eigenvalue weighted by Crippen LogP contribution is -2.27. The van der Waals surface area contributed by atoms with Gasteiger partial charge in [-0.15, -0.1) is 0 Å². The third-order valence-electron chi connectivity index (χ3n) is 2.36. The number of hydrogen-bond donors (Lipinski definition) is 3. The molecule has 0 aliphatic carbocycles. The number of carbonyl (C=O) groups is 1. The van der Waals surface area contributed by atoms with Crippen molar-refractivity contribution in [2.75, 3.05) is 18.9 Å². The first-order valence-corrected chi connectivity index (χ1v) is 6.01. The number of amides is 1. The summed E-state index contributed by atoms with van der Waals surface area (Å²) in [6.07, 6.45) is 0.464. The number of aliphatic hydroxyl groups excluding tert-OH is 1. The summed E-state index contributed by atoms with van der Waals surface area (Å²) in [5, 5.41) is 11.7. The minimum atomic E-state index is -0.392. The summed E-state index contributed by atoms with van der Waals surface area (Å²) in [4.78, 5) is 11.4. The van der Waals surface area contributed by atoms with Crippen molar-refractivity contribution in [2.24, 2.45) is 0 Å². The summed E-state index contributed by atoms with van der Waals surface area (Å²) in [7, 11) is 0. The van der Waals surface area contributed by atoms with Gasteiger partial charge in [-0.3, -0.25) is 4.79 Å². The van der Waals surface area contributed by atoms with Crippen molar-refractivity contribution in [3.63, 3.8) is 0 Å². The smallest absolute Gasteiger partial charge is 0.223 e. The lowest BCUT2D eigenvalue weighted by Gasteiger charge is -2.08. The molecule has 4 N–H and O–H groups in total. The molecule has 5 nitrogen and oxygen atoms in total. The summed E-state index contributed by atoms with van der Waals surface area (Å²) in [6, 6.07) is 7.03. The first-order valence-electron chi connectivity index (χ1n) is 6.01. The number of anilines is 1. The molecular weight excluding hydrogens is 232 g/mol. The molecule has 18 heavy (non-hydrogen) atoms. The van der Waals surface area contributed by atoms with E-state index in [-0.39, 0.29) is 5.91 Å². The highest BCUT2D eigenvalue weighted by Crippen LogP contribution is 2.12. The van der Waals surface area contributed by atoms with Crippen LogP contribution in [0.25, 0.3) is 0 Å². The van der Waals surface area contributed by atoms with E-state index in [4.69, 9.17) is 15.6 Å². The summed E-state index contributed by atoms with van der Waals surface area (Å²) >= 11 is 0. The Morgan fingerprint density at radius 3 is 2.72 bits per heavy atom. The fourth-order valence-corrected chi connectivity index (χ4v) is 1.33. The molecule has 1 aromatic rings. The zero-order valence-electron chi connectivity index (χ0n) is 10.6. The Morgan fingerprint density at radius 2 is 2.11 bits per heavy atom. The van der Waals surface area contributed by atoms with Crippen molar-refractivity contribution in [3.05, 3.63) is 24.3 Å². The zero-order valence-corrected chi connectivity index (χ0v) is 10.6. The van der Waals surface area contributed by atoms with Crippen LogP contribution in [0, 0.1) is 0 Å². The molecule has 5 heteroatoms. The van der Waals surface area contributed by atoms with E-state index in [1.54, 1.807) is 31.2 Å². The molecule has 1 atom stereocenters. The van der Waals surface area contributed by atoms with Gasteiger partial charge in [-0.1, -0.05) is 0 Å². The minimum Gasteiger partial charge on any atom is -0.493 e. The first kappa shape index (κ1) is 14.3. The molecule has 0 spiro atoms. The fourth-order valence-electron chi connectivity index (χ4n) is 1.33. The number of nitrogens with one attached hydrogen (secondary N) is 1. The van der Waals surface area contributed by atoms with Crippen LogP contribution in [0.5, 0.6) is 5.75 Å². The molecular formula is C13H20N2O3. The van der Waals surface area contributed by atoms with Crippen LogP contribution in [0.3, 0.4) is 0 Å². The summed E-state index contributed by atoms with van der Waals surface area (Å²) in [6.45, 7) is 2.50. The monoisotopic (exact) mass is 252 g/mol. The predicted octanol–water partition coefficient (Wildman–Crippen LogP) is 0.925. The van der Waals surface area contributed by atoms with E-state index in [0.29, 0.717) is 37.4 Å². The van der Waals surface area contributed by atoms with Crippen molar-refractivity contribution in [1.82, 2.24) is 5.32 Å². The second-order valence-corrected chi connectivity index (χ2v) is 4.16. The van der Waals surface area contributed by atoms with Crippen molar-refractivity contribution in [2.45, 2.75) is 25.9 Å². The molecule has 1 aromatic carbocycles. The Balaban J connectivity index is 2.13. The van der Waals surface area contributed by atoms with Crippen LogP contribution in [-0.4, -0.2) is 30.3 Å². The van der Waals surface area contributed by atoms with E-state index in [1.165, 1.54) is 0 Å². The Bertz CT molecular complexity index is 363. The van der Waals surface area contributed by atoms with E-state index in [0.717, 1.165) is 0 Å². The SMILES string of the molecule is CC(O)CCNC(=O)CCOc1ccc(N)cc1. The van der Waals surface area contributed by atoms with Crippen LogP contribution < -0.4 is 15.8 Å². The highest BCUT2D eigenvalue weighted by atomic mass is 16.5. The molecule has 0 saturated carbocycles. The van der Waals surface area contributed by atoms with E-state index in [9.17, 15) is 4.79 Å². The third kappa shape index (κ3) is 6.10.